The number of ketones is 1. The second-order valence-corrected chi connectivity index (χ2v) is 4.90. The molecule has 0 aromatic heterocycles. The number of methoxy groups -OCH3 is 2. The van der Waals surface area contributed by atoms with E-state index in [4.69, 9.17) is 14.2 Å². The van der Waals surface area contributed by atoms with Crippen LogP contribution in [0.2, 0.25) is 0 Å². The van der Waals surface area contributed by atoms with Crippen molar-refractivity contribution in [1.82, 2.24) is 0 Å². The first-order valence-corrected chi connectivity index (χ1v) is 6.87. The monoisotopic (exact) mass is 280 g/mol. The lowest BCUT2D eigenvalue weighted by atomic mass is 9.98. The van der Waals surface area contributed by atoms with E-state index < -0.39 is 0 Å². The van der Waals surface area contributed by atoms with Crippen LogP contribution in [0.25, 0.3) is 0 Å². The van der Waals surface area contributed by atoms with Crippen LogP contribution in [0.15, 0.2) is 18.2 Å². The fourth-order valence-corrected chi connectivity index (χ4v) is 1.84. The Balaban J connectivity index is 2.72. The molecular formula is C16H24O4. The first-order chi connectivity index (χ1) is 9.58. The molecule has 0 aliphatic carbocycles. The van der Waals surface area contributed by atoms with Crippen molar-refractivity contribution in [3.05, 3.63) is 23.8 Å². The summed E-state index contributed by atoms with van der Waals surface area (Å²) in [5, 5.41) is 0. The van der Waals surface area contributed by atoms with Crippen LogP contribution >= 0.6 is 0 Å². The van der Waals surface area contributed by atoms with Crippen LogP contribution in [0.3, 0.4) is 0 Å². The molecule has 1 unspecified atom stereocenters. The Morgan fingerprint density at radius 1 is 1.20 bits per heavy atom. The van der Waals surface area contributed by atoms with Gasteiger partial charge in [-0.1, -0.05) is 13.0 Å². The minimum atomic E-state index is 0.0183. The van der Waals surface area contributed by atoms with Gasteiger partial charge in [-0.05, 0) is 31.0 Å². The Kier molecular flexibility index (Phi) is 7.09. The lowest BCUT2D eigenvalue weighted by molar-refractivity contribution is -0.120. The molecule has 0 N–H and O–H groups in total. The molecule has 0 spiro atoms. The number of carbonyl (C=O) groups excluding carboxylic acids is 1. The van der Waals surface area contributed by atoms with E-state index in [0.717, 1.165) is 17.7 Å². The highest BCUT2D eigenvalue weighted by Crippen LogP contribution is 2.29. The second-order valence-electron chi connectivity index (χ2n) is 4.90. The van der Waals surface area contributed by atoms with Crippen molar-refractivity contribution in [2.75, 3.05) is 27.4 Å². The van der Waals surface area contributed by atoms with E-state index in [1.807, 2.05) is 25.1 Å². The fraction of sp³-hybridized carbons (Fsp3) is 0.562. The Bertz CT molecular complexity index is 428. The number of rotatable bonds is 9. The molecule has 4 heteroatoms. The van der Waals surface area contributed by atoms with Gasteiger partial charge in [0, 0.05) is 26.1 Å². The van der Waals surface area contributed by atoms with Gasteiger partial charge in [0.25, 0.3) is 0 Å². The largest absolute Gasteiger partial charge is 0.493 e. The van der Waals surface area contributed by atoms with Crippen molar-refractivity contribution in [2.24, 2.45) is 5.92 Å². The van der Waals surface area contributed by atoms with Gasteiger partial charge in [-0.2, -0.15) is 0 Å². The standard InChI is InChI=1S/C16H24O4/c1-12(13(2)17)10-14-6-7-15(19-4)16(11-14)20-9-5-8-18-3/h6-7,11-12H,5,8-10H2,1-4H3. The highest BCUT2D eigenvalue weighted by molar-refractivity contribution is 5.78. The Morgan fingerprint density at radius 3 is 2.55 bits per heavy atom. The zero-order chi connectivity index (χ0) is 15.0. The van der Waals surface area contributed by atoms with Gasteiger partial charge in [0.05, 0.1) is 13.7 Å². The van der Waals surface area contributed by atoms with Gasteiger partial charge in [-0.3, -0.25) is 4.79 Å². The first kappa shape index (κ1) is 16.5. The van der Waals surface area contributed by atoms with Gasteiger partial charge in [0.15, 0.2) is 11.5 Å². The predicted octanol–water partition coefficient (Wildman–Crippen LogP) is 2.88. The van der Waals surface area contributed by atoms with Crippen LogP contribution in [-0.2, 0) is 16.0 Å². The van der Waals surface area contributed by atoms with Gasteiger partial charge >= 0.3 is 0 Å². The summed E-state index contributed by atoms with van der Waals surface area (Å²) < 4.78 is 16.0. The minimum absolute atomic E-state index is 0.0183. The van der Waals surface area contributed by atoms with Crippen molar-refractivity contribution in [1.29, 1.82) is 0 Å². The van der Waals surface area contributed by atoms with E-state index in [1.54, 1.807) is 21.1 Å². The Morgan fingerprint density at radius 2 is 1.95 bits per heavy atom. The van der Waals surface area contributed by atoms with E-state index in [1.165, 1.54) is 0 Å². The molecule has 0 fully saturated rings. The lowest BCUT2D eigenvalue weighted by Crippen LogP contribution is -2.10. The molecule has 0 bridgehead atoms. The van der Waals surface area contributed by atoms with Gasteiger partial charge in [-0.15, -0.1) is 0 Å². The molecule has 1 rings (SSSR count). The molecule has 0 amide bonds. The summed E-state index contributed by atoms with van der Waals surface area (Å²) in [6, 6.07) is 5.80. The van der Waals surface area contributed by atoms with Crippen LogP contribution in [0.4, 0.5) is 0 Å². The molecule has 4 nitrogen and oxygen atoms in total. The Hall–Kier alpha value is -1.55. The summed E-state index contributed by atoms with van der Waals surface area (Å²) in [7, 11) is 3.29. The number of ether oxygens (including phenoxy) is 3. The third kappa shape index (κ3) is 5.21. The normalized spacial score (nSPS) is 12.0. The van der Waals surface area contributed by atoms with Crippen molar-refractivity contribution in [3.63, 3.8) is 0 Å². The summed E-state index contributed by atoms with van der Waals surface area (Å²) in [5.74, 6) is 1.65. The first-order valence-electron chi connectivity index (χ1n) is 6.87. The molecular weight excluding hydrogens is 256 g/mol. The lowest BCUT2D eigenvalue weighted by Gasteiger charge is -2.13. The van der Waals surface area contributed by atoms with Crippen molar-refractivity contribution >= 4 is 5.78 Å². The van der Waals surface area contributed by atoms with Crippen molar-refractivity contribution in [3.8, 4) is 11.5 Å². The quantitative estimate of drug-likeness (QED) is 0.652. The SMILES string of the molecule is COCCCOc1cc(CC(C)C(C)=O)ccc1OC. The molecule has 0 saturated heterocycles. The fourth-order valence-electron chi connectivity index (χ4n) is 1.84. The molecule has 0 aliphatic rings. The summed E-state index contributed by atoms with van der Waals surface area (Å²) in [6.07, 6.45) is 1.54. The third-order valence-corrected chi connectivity index (χ3v) is 3.21. The molecule has 0 aliphatic heterocycles. The molecule has 1 atom stereocenters. The number of Topliss-reactive ketones (excluding diaryl/α,β-unsaturated/α-hetero) is 1. The van der Waals surface area contributed by atoms with E-state index in [9.17, 15) is 4.79 Å². The highest BCUT2D eigenvalue weighted by atomic mass is 16.5. The van der Waals surface area contributed by atoms with E-state index in [-0.39, 0.29) is 11.7 Å². The average molecular weight is 280 g/mol. The summed E-state index contributed by atoms with van der Waals surface area (Å²) >= 11 is 0. The summed E-state index contributed by atoms with van der Waals surface area (Å²) in [4.78, 5) is 11.3. The van der Waals surface area contributed by atoms with Gasteiger partial charge < -0.3 is 14.2 Å². The van der Waals surface area contributed by atoms with Crippen LogP contribution in [0.5, 0.6) is 11.5 Å². The second kappa shape index (κ2) is 8.59. The molecule has 0 radical (unpaired) electrons. The van der Waals surface area contributed by atoms with Gasteiger partial charge in [0.2, 0.25) is 0 Å². The molecule has 0 heterocycles. The molecule has 0 saturated carbocycles. The Labute approximate surface area is 121 Å². The van der Waals surface area contributed by atoms with E-state index >= 15 is 0 Å². The van der Waals surface area contributed by atoms with Crippen molar-refractivity contribution in [2.45, 2.75) is 26.7 Å². The average Bonchev–Trinajstić information content (AvgIpc) is 2.43. The van der Waals surface area contributed by atoms with Gasteiger partial charge in [0.1, 0.15) is 5.78 Å². The molecule has 1 aromatic carbocycles. The van der Waals surface area contributed by atoms with Gasteiger partial charge in [-0.25, -0.2) is 0 Å². The number of hydrogen-bond acceptors (Lipinski definition) is 4. The minimum Gasteiger partial charge on any atom is -0.493 e. The smallest absolute Gasteiger partial charge is 0.161 e. The predicted molar refractivity (Wildman–Crippen MR) is 78.5 cm³/mol. The third-order valence-electron chi connectivity index (χ3n) is 3.21. The van der Waals surface area contributed by atoms with Crippen LogP contribution in [0.1, 0.15) is 25.8 Å². The number of carbonyl (C=O) groups is 1. The number of benzene rings is 1. The summed E-state index contributed by atoms with van der Waals surface area (Å²) in [5.41, 5.74) is 1.08. The van der Waals surface area contributed by atoms with E-state index in [0.29, 0.717) is 25.4 Å². The zero-order valence-corrected chi connectivity index (χ0v) is 12.8. The molecule has 20 heavy (non-hydrogen) atoms. The van der Waals surface area contributed by atoms with Crippen LogP contribution in [-0.4, -0.2) is 33.2 Å². The van der Waals surface area contributed by atoms with E-state index in [2.05, 4.69) is 0 Å². The maximum absolute atomic E-state index is 11.3. The highest BCUT2D eigenvalue weighted by Gasteiger charge is 2.11. The van der Waals surface area contributed by atoms with Crippen LogP contribution < -0.4 is 9.47 Å². The summed E-state index contributed by atoms with van der Waals surface area (Å²) in [6.45, 7) is 4.81. The zero-order valence-electron chi connectivity index (χ0n) is 12.8. The maximum atomic E-state index is 11.3. The number of hydrogen-bond donors (Lipinski definition) is 0. The molecule has 1 aromatic rings. The van der Waals surface area contributed by atoms with Crippen LogP contribution in [0, 0.1) is 5.92 Å². The molecule has 112 valence electrons. The van der Waals surface area contributed by atoms with Crippen molar-refractivity contribution < 1.29 is 19.0 Å². The maximum Gasteiger partial charge on any atom is 0.161 e. The topological polar surface area (TPSA) is 44.8 Å².